The van der Waals surface area contributed by atoms with Crippen molar-refractivity contribution in [2.75, 3.05) is 32.8 Å². The summed E-state index contributed by atoms with van der Waals surface area (Å²) in [6.07, 6.45) is -6.70. The number of hydrogen-bond acceptors (Lipinski definition) is 2. The third-order valence-electron chi connectivity index (χ3n) is 2.26. The van der Waals surface area contributed by atoms with E-state index < -0.39 is 17.9 Å². The predicted octanol–water partition coefficient (Wildman–Crippen LogP) is 1.78. The summed E-state index contributed by atoms with van der Waals surface area (Å²) in [7, 11) is 0. The first-order valence-corrected chi connectivity index (χ1v) is 4.61. The molecule has 0 aromatic rings. The Balaban J connectivity index is 2.40. The molecule has 0 saturated carbocycles. The maximum Gasteiger partial charge on any atom is 0.414 e. The molecule has 0 radical (unpaired) electrons. The lowest BCUT2D eigenvalue weighted by atomic mass is 10.1. The van der Waals surface area contributed by atoms with Gasteiger partial charge in [-0.1, -0.05) is 6.58 Å². The predicted molar refractivity (Wildman–Crippen MR) is 47.4 cm³/mol. The van der Waals surface area contributed by atoms with Gasteiger partial charge in [-0.2, -0.15) is 13.2 Å². The second kappa shape index (κ2) is 4.94. The number of hydrogen-bond donors (Lipinski definition) is 0. The summed E-state index contributed by atoms with van der Waals surface area (Å²) in [4.78, 5) is 1.60. The van der Waals surface area contributed by atoms with E-state index in [9.17, 15) is 17.6 Å². The first-order chi connectivity index (χ1) is 6.91. The fourth-order valence-corrected chi connectivity index (χ4v) is 1.30. The minimum atomic E-state index is -4.65. The van der Waals surface area contributed by atoms with Crippen LogP contribution in [0, 0.1) is 0 Å². The van der Waals surface area contributed by atoms with E-state index in [1.54, 1.807) is 4.90 Å². The van der Waals surface area contributed by atoms with Crippen molar-refractivity contribution in [2.24, 2.45) is 0 Å². The molecule has 6 heteroatoms. The van der Waals surface area contributed by atoms with Gasteiger partial charge in [0.1, 0.15) is 6.17 Å². The highest BCUT2D eigenvalue weighted by Gasteiger charge is 2.37. The van der Waals surface area contributed by atoms with Crippen molar-refractivity contribution in [3.8, 4) is 0 Å². The van der Waals surface area contributed by atoms with E-state index in [-0.39, 0.29) is 6.54 Å². The molecule has 0 N–H and O–H groups in total. The average Bonchev–Trinajstić information content (AvgIpc) is 2.16. The van der Waals surface area contributed by atoms with Crippen LogP contribution in [0.5, 0.6) is 0 Å². The van der Waals surface area contributed by atoms with Crippen LogP contribution < -0.4 is 0 Å². The Labute approximate surface area is 85.5 Å². The van der Waals surface area contributed by atoms with Gasteiger partial charge in [0, 0.05) is 19.6 Å². The van der Waals surface area contributed by atoms with Crippen molar-refractivity contribution in [1.82, 2.24) is 4.90 Å². The van der Waals surface area contributed by atoms with Crippen molar-refractivity contribution < 1.29 is 22.3 Å². The zero-order valence-corrected chi connectivity index (χ0v) is 8.19. The normalized spacial score (nSPS) is 21.3. The lowest BCUT2D eigenvalue weighted by molar-refractivity contribution is -0.102. The lowest BCUT2D eigenvalue weighted by Crippen LogP contribution is -2.41. The summed E-state index contributed by atoms with van der Waals surface area (Å²) in [5, 5.41) is 0. The Hall–Kier alpha value is -0.620. The molecular formula is C9H13F4NO. The first kappa shape index (κ1) is 12.4. The third-order valence-corrected chi connectivity index (χ3v) is 2.26. The number of morpholine rings is 1. The molecule has 1 rings (SSSR count). The van der Waals surface area contributed by atoms with Crippen molar-refractivity contribution in [3.63, 3.8) is 0 Å². The van der Waals surface area contributed by atoms with Crippen LogP contribution in [0.4, 0.5) is 17.6 Å². The third kappa shape index (κ3) is 3.79. The molecule has 0 bridgehead atoms. The Morgan fingerprint density at radius 3 is 2.33 bits per heavy atom. The summed E-state index contributed by atoms with van der Waals surface area (Å²) in [5.41, 5.74) is -1.31. The highest BCUT2D eigenvalue weighted by Crippen LogP contribution is 2.28. The van der Waals surface area contributed by atoms with Crippen LogP contribution in [0.25, 0.3) is 0 Å². The summed E-state index contributed by atoms with van der Waals surface area (Å²) >= 11 is 0. The summed E-state index contributed by atoms with van der Waals surface area (Å²) in [6, 6.07) is 0. The van der Waals surface area contributed by atoms with Gasteiger partial charge in [-0.15, -0.1) is 0 Å². The standard InChI is InChI=1S/C9H13F4NO/c1-7(9(11,12)13)8(10)6-14-2-4-15-5-3-14/h8H,1-6H2. The molecule has 88 valence electrons. The Morgan fingerprint density at radius 2 is 1.87 bits per heavy atom. The van der Waals surface area contributed by atoms with Gasteiger partial charge < -0.3 is 4.74 Å². The number of alkyl halides is 4. The molecule has 0 aliphatic carbocycles. The molecule has 0 aromatic heterocycles. The molecule has 0 amide bonds. The maximum absolute atomic E-state index is 13.2. The molecule has 1 fully saturated rings. The van der Waals surface area contributed by atoms with Crippen LogP contribution in [0.15, 0.2) is 12.2 Å². The SMILES string of the molecule is C=C(C(F)CN1CCOCC1)C(F)(F)F. The van der Waals surface area contributed by atoms with Gasteiger partial charge in [0.05, 0.1) is 18.8 Å². The van der Waals surface area contributed by atoms with Gasteiger partial charge in [0.2, 0.25) is 0 Å². The molecule has 0 aromatic carbocycles. The van der Waals surface area contributed by atoms with E-state index in [4.69, 9.17) is 4.74 Å². The topological polar surface area (TPSA) is 12.5 Å². The molecule has 1 atom stereocenters. The van der Waals surface area contributed by atoms with Gasteiger partial charge in [0.15, 0.2) is 0 Å². The molecule has 0 spiro atoms. The highest BCUT2D eigenvalue weighted by molar-refractivity contribution is 5.09. The van der Waals surface area contributed by atoms with Crippen molar-refractivity contribution >= 4 is 0 Å². The number of ether oxygens (including phenoxy) is 1. The Morgan fingerprint density at radius 1 is 1.33 bits per heavy atom. The minimum Gasteiger partial charge on any atom is -0.379 e. The van der Waals surface area contributed by atoms with Crippen molar-refractivity contribution in [1.29, 1.82) is 0 Å². The van der Waals surface area contributed by atoms with Gasteiger partial charge in [0.25, 0.3) is 0 Å². The molecule has 1 aliphatic rings. The lowest BCUT2D eigenvalue weighted by Gasteiger charge is -2.28. The van der Waals surface area contributed by atoms with Crippen LogP contribution in [-0.2, 0) is 4.74 Å². The zero-order valence-electron chi connectivity index (χ0n) is 8.19. The minimum absolute atomic E-state index is 0.262. The molecule has 2 nitrogen and oxygen atoms in total. The molecule has 15 heavy (non-hydrogen) atoms. The number of nitrogens with zero attached hydrogens (tertiary/aromatic N) is 1. The van der Waals surface area contributed by atoms with Gasteiger partial charge in [-0.05, 0) is 0 Å². The van der Waals surface area contributed by atoms with Crippen LogP contribution in [0.3, 0.4) is 0 Å². The zero-order chi connectivity index (χ0) is 11.5. The van der Waals surface area contributed by atoms with Gasteiger partial charge in [-0.3, -0.25) is 4.90 Å². The maximum atomic E-state index is 13.2. The van der Waals surface area contributed by atoms with E-state index in [1.165, 1.54) is 0 Å². The molecule has 1 aliphatic heterocycles. The van der Waals surface area contributed by atoms with Crippen LogP contribution in [0.1, 0.15) is 0 Å². The molecule has 1 unspecified atom stereocenters. The number of rotatable bonds is 3. The summed E-state index contributed by atoms with van der Waals surface area (Å²) in [6.45, 7) is 4.27. The van der Waals surface area contributed by atoms with Crippen LogP contribution in [0.2, 0.25) is 0 Å². The second-order valence-corrected chi connectivity index (χ2v) is 3.40. The second-order valence-electron chi connectivity index (χ2n) is 3.40. The van der Waals surface area contributed by atoms with E-state index >= 15 is 0 Å². The highest BCUT2D eigenvalue weighted by atomic mass is 19.4. The average molecular weight is 227 g/mol. The van der Waals surface area contributed by atoms with Gasteiger partial charge >= 0.3 is 6.18 Å². The van der Waals surface area contributed by atoms with Crippen molar-refractivity contribution in [2.45, 2.75) is 12.3 Å². The quantitative estimate of drug-likeness (QED) is 0.538. The fourth-order valence-electron chi connectivity index (χ4n) is 1.30. The van der Waals surface area contributed by atoms with Crippen LogP contribution in [-0.4, -0.2) is 50.1 Å². The largest absolute Gasteiger partial charge is 0.414 e. The summed E-state index contributed by atoms with van der Waals surface area (Å²) in [5.74, 6) is 0. The molecule has 1 saturated heterocycles. The molecular weight excluding hydrogens is 214 g/mol. The van der Waals surface area contributed by atoms with Crippen LogP contribution >= 0.6 is 0 Å². The van der Waals surface area contributed by atoms with Crippen molar-refractivity contribution in [3.05, 3.63) is 12.2 Å². The smallest absolute Gasteiger partial charge is 0.379 e. The van der Waals surface area contributed by atoms with E-state index in [0.29, 0.717) is 26.3 Å². The van der Waals surface area contributed by atoms with E-state index in [1.807, 2.05) is 0 Å². The monoisotopic (exact) mass is 227 g/mol. The Bertz CT molecular complexity index is 223. The fraction of sp³-hybridized carbons (Fsp3) is 0.778. The number of halogens is 4. The molecule has 1 heterocycles. The van der Waals surface area contributed by atoms with E-state index in [0.717, 1.165) is 0 Å². The van der Waals surface area contributed by atoms with Gasteiger partial charge in [-0.25, -0.2) is 4.39 Å². The summed E-state index contributed by atoms with van der Waals surface area (Å²) < 4.78 is 54.4. The first-order valence-electron chi connectivity index (χ1n) is 4.61. The van der Waals surface area contributed by atoms with E-state index in [2.05, 4.69) is 6.58 Å². The Kier molecular flexibility index (Phi) is 4.10.